The number of aryl methyl sites for hydroxylation is 1. The maximum absolute atomic E-state index is 9.62. The number of nitrogens with zero attached hydrogens (tertiary/aromatic N) is 2. The number of aromatic hydroxyl groups is 3. The Kier molecular flexibility index (Phi) is 4.25. The summed E-state index contributed by atoms with van der Waals surface area (Å²) in [6.45, 7) is 2.02. The Morgan fingerprint density at radius 1 is 1.16 bits per heavy atom. The number of nitrogens with one attached hydrogen (secondary N) is 1. The molecule has 0 unspecified atom stereocenters. The summed E-state index contributed by atoms with van der Waals surface area (Å²) < 4.78 is 1.85. The van der Waals surface area contributed by atoms with Crippen molar-refractivity contribution in [1.82, 2.24) is 15.1 Å². The maximum atomic E-state index is 9.62. The van der Waals surface area contributed by atoms with Gasteiger partial charge in [-0.1, -0.05) is 6.07 Å². The van der Waals surface area contributed by atoms with Gasteiger partial charge in [0.2, 0.25) is 5.75 Å². The first-order valence-electron chi connectivity index (χ1n) is 6.09. The molecule has 0 amide bonds. The molecule has 1 aromatic carbocycles. The molecule has 2 aromatic rings. The van der Waals surface area contributed by atoms with Crippen molar-refractivity contribution in [1.29, 1.82) is 0 Å². The number of aromatic nitrogens is 2. The van der Waals surface area contributed by atoms with Crippen LogP contribution in [-0.4, -0.2) is 31.6 Å². The standard InChI is InChI=1S/C13H17N3O3/c17-11-4-3-10(12(18)13(11)19)9-14-5-1-7-16-8-2-6-15-16/h2-4,6,8,14,17-19H,1,5,7,9H2. The number of hydrogen-bond donors (Lipinski definition) is 4. The number of benzene rings is 1. The minimum absolute atomic E-state index is 0.278. The van der Waals surface area contributed by atoms with Crippen molar-refractivity contribution in [2.24, 2.45) is 0 Å². The van der Waals surface area contributed by atoms with E-state index in [1.165, 1.54) is 6.07 Å². The Hall–Kier alpha value is -2.21. The lowest BCUT2D eigenvalue weighted by atomic mass is 10.1. The fraction of sp³-hybridized carbons (Fsp3) is 0.308. The Morgan fingerprint density at radius 3 is 2.74 bits per heavy atom. The Labute approximate surface area is 110 Å². The van der Waals surface area contributed by atoms with Crippen molar-refractivity contribution in [3.05, 3.63) is 36.2 Å². The van der Waals surface area contributed by atoms with Gasteiger partial charge in [0.25, 0.3) is 0 Å². The lowest BCUT2D eigenvalue weighted by Crippen LogP contribution is -2.16. The highest BCUT2D eigenvalue weighted by Crippen LogP contribution is 2.36. The average molecular weight is 263 g/mol. The maximum Gasteiger partial charge on any atom is 0.200 e. The second-order valence-corrected chi connectivity index (χ2v) is 4.24. The van der Waals surface area contributed by atoms with Gasteiger partial charge >= 0.3 is 0 Å². The molecule has 0 spiro atoms. The first-order chi connectivity index (χ1) is 9.18. The molecule has 1 aromatic heterocycles. The van der Waals surface area contributed by atoms with E-state index in [2.05, 4.69) is 10.4 Å². The summed E-state index contributed by atoms with van der Waals surface area (Å²) in [6, 6.07) is 4.81. The third kappa shape index (κ3) is 3.38. The SMILES string of the molecule is Oc1ccc(CNCCCn2cccn2)c(O)c1O. The van der Waals surface area contributed by atoms with Crippen LogP contribution in [0, 0.1) is 0 Å². The summed E-state index contributed by atoms with van der Waals surface area (Å²) in [5, 5.41) is 35.4. The van der Waals surface area contributed by atoms with Gasteiger partial charge in [0.05, 0.1) is 0 Å². The van der Waals surface area contributed by atoms with E-state index in [0.29, 0.717) is 12.1 Å². The molecule has 0 fully saturated rings. The molecule has 0 saturated carbocycles. The van der Waals surface area contributed by atoms with Crippen LogP contribution in [0.2, 0.25) is 0 Å². The van der Waals surface area contributed by atoms with Crippen molar-refractivity contribution < 1.29 is 15.3 Å². The normalized spacial score (nSPS) is 10.7. The predicted octanol–water partition coefficient (Wildman–Crippen LogP) is 1.18. The highest BCUT2D eigenvalue weighted by atomic mass is 16.3. The highest BCUT2D eigenvalue weighted by Gasteiger charge is 2.10. The number of phenols is 3. The molecule has 0 aliphatic rings. The average Bonchev–Trinajstić information content (AvgIpc) is 2.91. The molecule has 102 valence electrons. The molecule has 0 aliphatic carbocycles. The van der Waals surface area contributed by atoms with Crippen LogP contribution in [0.15, 0.2) is 30.6 Å². The Bertz CT molecular complexity index is 526. The fourth-order valence-electron chi connectivity index (χ4n) is 1.78. The van der Waals surface area contributed by atoms with Gasteiger partial charge in [0, 0.05) is 31.0 Å². The largest absolute Gasteiger partial charge is 0.504 e. The predicted molar refractivity (Wildman–Crippen MR) is 70.0 cm³/mol. The molecular weight excluding hydrogens is 246 g/mol. The quantitative estimate of drug-likeness (QED) is 0.464. The van der Waals surface area contributed by atoms with Crippen LogP contribution in [0.5, 0.6) is 17.2 Å². The van der Waals surface area contributed by atoms with Crippen LogP contribution >= 0.6 is 0 Å². The minimum Gasteiger partial charge on any atom is -0.504 e. The molecule has 1 heterocycles. The molecule has 4 N–H and O–H groups in total. The van der Waals surface area contributed by atoms with Gasteiger partial charge in [-0.15, -0.1) is 0 Å². The van der Waals surface area contributed by atoms with E-state index in [4.69, 9.17) is 0 Å². The summed E-state index contributed by atoms with van der Waals surface area (Å²) in [4.78, 5) is 0. The molecular formula is C13H17N3O3. The van der Waals surface area contributed by atoms with Crippen LogP contribution in [0.1, 0.15) is 12.0 Å². The van der Waals surface area contributed by atoms with E-state index in [1.54, 1.807) is 12.3 Å². The van der Waals surface area contributed by atoms with Crippen LogP contribution in [0.4, 0.5) is 0 Å². The second kappa shape index (κ2) is 6.10. The van der Waals surface area contributed by atoms with E-state index in [0.717, 1.165) is 19.5 Å². The van der Waals surface area contributed by atoms with Gasteiger partial charge < -0.3 is 20.6 Å². The zero-order chi connectivity index (χ0) is 13.7. The van der Waals surface area contributed by atoms with Crippen LogP contribution < -0.4 is 5.32 Å². The van der Waals surface area contributed by atoms with E-state index in [-0.39, 0.29) is 11.5 Å². The molecule has 6 nitrogen and oxygen atoms in total. The van der Waals surface area contributed by atoms with E-state index in [9.17, 15) is 15.3 Å². The molecule has 0 bridgehead atoms. The Morgan fingerprint density at radius 2 is 2.00 bits per heavy atom. The van der Waals surface area contributed by atoms with Gasteiger partial charge in [-0.25, -0.2) is 0 Å². The fourth-order valence-corrected chi connectivity index (χ4v) is 1.78. The molecule has 2 rings (SSSR count). The van der Waals surface area contributed by atoms with E-state index < -0.39 is 5.75 Å². The summed E-state index contributed by atoms with van der Waals surface area (Å²) >= 11 is 0. The third-order valence-corrected chi connectivity index (χ3v) is 2.83. The molecule has 0 radical (unpaired) electrons. The molecule has 6 heteroatoms. The number of hydrogen-bond acceptors (Lipinski definition) is 5. The molecule has 0 aliphatic heterocycles. The van der Waals surface area contributed by atoms with Gasteiger partial charge in [-0.05, 0) is 25.1 Å². The third-order valence-electron chi connectivity index (χ3n) is 2.83. The van der Waals surface area contributed by atoms with Crippen LogP contribution in [0.3, 0.4) is 0 Å². The lowest BCUT2D eigenvalue weighted by molar-refractivity contribution is 0.364. The van der Waals surface area contributed by atoms with Crippen LogP contribution in [-0.2, 0) is 13.1 Å². The van der Waals surface area contributed by atoms with Crippen molar-refractivity contribution in [2.75, 3.05) is 6.54 Å². The summed E-state index contributed by atoms with van der Waals surface area (Å²) in [6.07, 6.45) is 4.56. The van der Waals surface area contributed by atoms with Crippen molar-refractivity contribution in [2.45, 2.75) is 19.5 Å². The van der Waals surface area contributed by atoms with E-state index in [1.807, 2.05) is 16.9 Å². The second-order valence-electron chi connectivity index (χ2n) is 4.24. The number of phenolic OH excluding ortho intramolecular Hbond substituents is 3. The van der Waals surface area contributed by atoms with Gasteiger partial charge in [0.15, 0.2) is 11.5 Å². The first-order valence-corrected chi connectivity index (χ1v) is 6.09. The lowest BCUT2D eigenvalue weighted by Gasteiger charge is -2.09. The highest BCUT2D eigenvalue weighted by molar-refractivity contribution is 5.52. The summed E-state index contributed by atoms with van der Waals surface area (Å²) in [7, 11) is 0. The van der Waals surface area contributed by atoms with E-state index >= 15 is 0 Å². The van der Waals surface area contributed by atoms with Crippen LogP contribution in [0.25, 0.3) is 0 Å². The zero-order valence-electron chi connectivity index (χ0n) is 10.5. The Balaban J connectivity index is 1.75. The minimum atomic E-state index is -0.476. The van der Waals surface area contributed by atoms with Gasteiger partial charge in [-0.3, -0.25) is 4.68 Å². The zero-order valence-corrected chi connectivity index (χ0v) is 10.5. The molecule has 19 heavy (non-hydrogen) atoms. The smallest absolute Gasteiger partial charge is 0.200 e. The molecule has 0 atom stereocenters. The van der Waals surface area contributed by atoms with Crippen molar-refractivity contribution >= 4 is 0 Å². The topological polar surface area (TPSA) is 90.5 Å². The van der Waals surface area contributed by atoms with Crippen molar-refractivity contribution in [3.8, 4) is 17.2 Å². The van der Waals surface area contributed by atoms with Gasteiger partial charge in [-0.2, -0.15) is 5.10 Å². The summed E-state index contributed by atoms with van der Waals surface area (Å²) in [5.41, 5.74) is 0.550. The summed E-state index contributed by atoms with van der Waals surface area (Å²) in [5.74, 6) is -1.07. The monoisotopic (exact) mass is 263 g/mol. The first kappa shape index (κ1) is 13.2. The van der Waals surface area contributed by atoms with Crippen molar-refractivity contribution in [3.63, 3.8) is 0 Å². The van der Waals surface area contributed by atoms with Gasteiger partial charge in [0.1, 0.15) is 0 Å². The molecule has 0 saturated heterocycles. The number of rotatable bonds is 6.